The Hall–Kier alpha value is -1.36. The number of halogens is 1. The summed E-state index contributed by atoms with van der Waals surface area (Å²) in [5.41, 5.74) is -0.599. The van der Waals surface area contributed by atoms with Crippen LogP contribution >= 0.6 is 15.9 Å². The van der Waals surface area contributed by atoms with E-state index in [1.807, 2.05) is 0 Å². The van der Waals surface area contributed by atoms with E-state index < -0.39 is 0 Å². The molecule has 66 valence electrons. The maximum Gasteiger partial charge on any atom is 0.271 e. The highest BCUT2D eigenvalue weighted by Gasteiger charge is 2.04. The van der Waals surface area contributed by atoms with E-state index in [1.165, 1.54) is 0 Å². The lowest BCUT2D eigenvalue weighted by Gasteiger charge is -1.96. The van der Waals surface area contributed by atoms with Crippen molar-refractivity contribution in [2.75, 3.05) is 0 Å². The van der Waals surface area contributed by atoms with E-state index in [9.17, 15) is 9.59 Å². The van der Waals surface area contributed by atoms with Crippen molar-refractivity contribution in [2.24, 2.45) is 0 Å². The zero-order valence-corrected chi connectivity index (χ0v) is 8.01. The number of aromatic amines is 2. The normalized spacial score (nSPS) is 10.5. The van der Waals surface area contributed by atoms with E-state index in [2.05, 4.69) is 26.1 Å². The maximum absolute atomic E-state index is 11.3. The van der Waals surface area contributed by atoms with Crippen molar-refractivity contribution in [2.45, 2.75) is 0 Å². The van der Waals surface area contributed by atoms with Crippen LogP contribution in [-0.2, 0) is 0 Å². The van der Waals surface area contributed by atoms with Gasteiger partial charge >= 0.3 is 0 Å². The molecule has 2 rings (SSSR count). The van der Waals surface area contributed by atoms with Crippen LogP contribution in [-0.4, -0.2) is 10.2 Å². The van der Waals surface area contributed by atoms with Gasteiger partial charge in [-0.15, -0.1) is 0 Å². The van der Waals surface area contributed by atoms with Crippen LogP contribution in [0.15, 0.2) is 32.3 Å². The predicted molar refractivity (Wildman–Crippen MR) is 52.9 cm³/mol. The molecule has 0 saturated heterocycles. The van der Waals surface area contributed by atoms with Crippen molar-refractivity contribution in [3.05, 3.63) is 43.4 Å². The average molecular weight is 241 g/mol. The zero-order valence-electron chi connectivity index (χ0n) is 6.43. The first-order chi connectivity index (χ1) is 6.20. The van der Waals surface area contributed by atoms with E-state index in [1.54, 1.807) is 18.2 Å². The molecule has 1 aromatic heterocycles. The Morgan fingerprint density at radius 2 is 1.77 bits per heavy atom. The maximum atomic E-state index is 11.3. The van der Waals surface area contributed by atoms with E-state index >= 15 is 0 Å². The molecule has 0 bridgehead atoms. The summed E-state index contributed by atoms with van der Waals surface area (Å²) >= 11 is 3.21. The number of hydrogen-bond acceptors (Lipinski definition) is 2. The smallest absolute Gasteiger partial charge is 0.267 e. The van der Waals surface area contributed by atoms with Crippen LogP contribution in [0.3, 0.4) is 0 Å². The zero-order chi connectivity index (χ0) is 9.42. The molecule has 2 aromatic rings. The minimum Gasteiger partial charge on any atom is -0.267 e. The summed E-state index contributed by atoms with van der Waals surface area (Å²) in [6.45, 7) is 0. The summed E-state index contributed by atoms with van der Waals surface area (Å²) in [6.07, 6.45) is 0. The first kappa shape index (κ1) is 8.25. The van der Waals surface area contributed by atoms with Crippen LogP contribution in [0.4, 0.5) is 0 Å². The number of fused-ring (bicyclic) bond motifs is 1. The van der Waals surface area contributed by atoms with Crippen molar-refractivity contribution in [3.63, 3.8) is 0 Å². The van der Waals surface area contributed by atoms with Crippen molar-refractivity contribution in [1.29, 1.82) is 0 Å². The SMILES string of the molecule is O=c1[nH][nH]c(=O)c2c(Br)cccc12. The molecule has 0 atom stereocenters. The topological polar surface area (TPSA) is 65.7 Å². The van der Waals surface area contributed by atoms with Crippen LogP contribution in [0.2, 0.25) is 0 Å². The molecular weight excluding hydrogens is 236 g/mol. The minimum absolute atomic E-state index is 0.295. The highest BCUT2D eigenvalue weighted by molar-refractivity contribution is 9.10. The monoisotopic (exact) mass is 240 g/mol. The summed E-state index contributed by atoms with van der Waals surface area (Å²) in [4.78, 5) is 22.5. The van der Waals surface area contributed by atoms with Crippen LogP contribution in [0.25, 0.3) is 10.8 Å². The second-order valence-corrected chi connectivity index (χ2v) is 3.42. The Morgan fingerprint density at radius 3 is 2.46 bits per heavy atom. The summed E-state index contributed by atoms with van der Waals surface area (Å²) in [6, 6.07) is 5.03. The van der Waals surface area contributed by atoms with E-state index in [0.717, 1.165) is 0 Å². The largest absolute Gasteiger partial charge is 0.271 e. The van der Waals surface area contributed by atoms with Crippen molar-refractivity contribution in [3.8, 4) is 0 Å². The Kier molecular flexibility index (Phi) is 1.81. The average Bonchev–Trinajstić information content (AvgIpc) is 2.12. The molecule has 1 aromatic carbocycles. The quantitative estimate of drug-likeness (QED) is 0.721. The summed E-state index contributed by atoms with van der Waals surface area (Å²) in [7, 11) is 0. The van der Waals surface area contributed by atoms with Gasteiger partial charge in [0.1, 0.15) is 0 Å². The Balaban J connectivity index is 3.19. The third-order valence-corrected chi connectivity index (χ3v) is 2.44. The Bertz CT molecular complexity index is 570. The number of benzene rings is 1. The number of hydrogen-bond donors (Lipinski definition) is 2. The molecular formula is C8H5BrN2O2. The van der Waals surface area contributed by atoms with Gasteiger partial charge in [0, 0.05) is 4.47 Å². The predicted octanol–water partition coefficient (Wildman–Crippen LogP) is 0.979. The van der Waals surface area contributed by atoms with Gasteiger partial charge in [-0.1, -0.05) is 6.07 Å². The summed E-state index contributed by atoms with van der Waals surface area (Å²) in [5, 5.41) is 5.28. The van der Waals surface area contributed by atoms with Crippen molar-refractivity contribution < 1.29 is 0 Å². The van der Waals surface area contributed by atoms with Gasteiger partial charge in [0.15, 0.2) is 0 Å². The summed E-state index contributed by atoms with van der Waals surface area (Å²) in [5.74, 6) is 0. The fraction of sp³-hybridized carbons (Fsp3) is 0. The van der Waals surface area contributed by atoms with Gasteiger partial charge in [-0.2, -0.15) is 0 Å². The van der Waals surface area contributed by atoms with Gasteiger partial charge in [0.05, 0.1) is 10.8 Å². The minimum atomic E-state index is -0.304. The molecule has 0 unspecified atom stereocenters. The molecule has 5 heteroatoms. The third-order valence-electron chi connectivity index (χ3n) is 1.77. The van der Waals surface area contributed by atoms with Crippen LogP contribution in [0.1, 0.15) is 0 Å². The fourth-order valence-corrected chi connectivity index (χ4v) is 1.73. The van der Waals surface area contributed by atoms with Gasteiger partial charge in [-0.25, -0.2) is 0 Å². The molecule has 13 heavy (non-hydrogen) atoms. The third kappa shape index (κ3) is 1.21. The number of H-pyrrole nitrogens is 2. The molecule has 0 aliphatic heterocycles. The highest BCUT2D eigenvalue weighted by atomic mass is 79.9. The van der Waals surface area contributed by atoms with Crippen molar-refractivity contribution >= 4 is 26.7 Å². The second-order valence-electron chi connectivity index (χ2n) is 2.57. The van der Waals surface area contributed by atoms with E-state index in [-0.39, 0.29) is 11.1 Å². The van der Waals surface area contributed by atoms with Crippen LogP contribution in [0.5, 0.6) is 0 Å². The highest BCUT2D eigenvalue weighted by Crippen LogP contribution is 2.16. The molecule has 0 radical (unpaired) electrons. The standard InChI is InChI=1S/C8H5BrN2O2/c9-5-3-1-2-4-6(5)8(13)11-10-7(4)12/h1-3H,(H,10,12)(H,11,13). The van der Waals surface area contributed by atoms with Gasteiger partial charge in [0.25, 0.3) is 11.1 Å². The van der Waals surface area contributed by atoms with E-state index in [0.29, 0.717) is 15.2 Å². The van der Waals surface area contributed by atoms with Gasteiger partial charge in [-0.05, 0) is 28.1 Å². The lowest BCUT2D eigenvalue weighted by molar-refractivity contribution is 0.976. The van der Waals surface area contributed by atoms with Crippen molar-refractivity contribution in [1.82, 2.24) is 10.2 Å². The number of nitrogens with one attached hydrogen (secondary N) is 2. The first-order valence-electron chi connectivity index (χ1n) is 3.59. The molecule has 0 saturated carbocycles. The van der Waals surface area contributed by atoms with Crippen LogP contribution < -0.4 is 11.1 Å². The summed E-state index contributed by atoms with van der Waals surface area (Å²) < 4.78 is 0.623. The number of rotatable bonds is 0. The van der Waals surface area contributed by atoms with Gasteiger partial charge < -0.3 is 0 Å². The molecule has 0 aliphatic rings. The van der Waals surface area contributed by atoms with Gasteiger partial charge in [0.2, 0.25) is 0 Å². The lowest BCUT2D eigenvalue weighted by atomic mass is 10.2. The fourth-order valence-electron chi connectivity index (χ4n) is 1.19. The first-order valence-corrected chi connectivity index (χ1v) is 4.38. The molecule has 0 amide bonds. The van der Waals surface area contributed by atoms with E-state index in [4.69, 9.17) is 0 Å². The molecule has 4 nitrogen and oxygen atoms in total. The number of aromatic nitrogens is 2. The van der Waals surface area contributed by atoms with Crippen LogP contribution in [0, 0.1) is 0 Å². The van der Waals surface area contributed by atoms with Gasteiger partial charge in [-0.3, -0.25) is 19.8 Å². The molecule has 2 N–H and O–H groups in total. The molecule has 0 spiro atoms. The lowest BCUT2D eigenvalue weighted by Crippen LogP contribution is -2.19. The Morgan fingerprint density at radius 1 is 1.08 bits per heavy atom. The molecule has 0 aliphatic carbocycles. The molecule has 1 heterocycles. The Labute approximate surface area is 80.7 Å². The molecule has 0 fully saturated rings. The second kappa shape index (κ2) is 2.85.